The summed E-state index contributed by atoms with van der Waals surface area (Å²) in [5, 5.41) is 10.1. The van der Waals surface area contributed by atoms with Crippen molar-refractivity contribution >= 4 is 33.0 Å². The molecule has 5 nitrogen and oxygen atoms in total. The molecule has 1 N–H and O–H groups in total. The number of aryl methyl sites for hydroxylation is 1. The minimum absolute atomic E-state index is 0.0976. The van der Waals surface area contributed by atoms with Gasteiger partial charge in [-0.15, -0.1) is 11.3 Å². The highest BCUT2D eigenvalue weighted by Gasteiger charge is 2.31. The van der Waals surface area contributed by atoms with E-state index >= 15 is 0 Å². The van der Waals surface area contributed by atoms with E-state index in [4.69, 9.17) is 5.11 Å². The molecule has 0 unspecified atom stereocenters. The van der Waals surface area contributed by atoms with Gasteiger partial charge in [0.1, 0.15) is 4.21 Å². The largest absolute Gasteiger partial charge is 0.478 e. The molecule has 0 bridgehead atoms. The third-order valence-electron chi connectivity index (χ3n) is 3.56. The zero-order valence-corrected chi connectivity index (χ0v) is 13.3. The van der Waals surface area contributed by atoms with Crippen LogP contribution < -0.4 is 4.31 Å². The Bertz CT molecular complexity index is 892. The van der Waals surface area contributed by atoms with Gasteiger partial charge < -0.3 is 5.11 Å². The van der Waals surface area contributed by atoms with Crippen molar-refractivity contribution in [3.63, 3.8) is 0 Å². The Labute approximate surface area is 134 Å². The number of anilines is 1. The Hall–Kier alpha value is -2.00. The number of fused-ring (bicyclic) bond motifs is 1. The standard InChI is InChI=1S/C14H11F2NO4S2/c15-10-4-8-2-1-3-17(12(8)6-11(10)16)23(20,21)13-5-9(7-22-13)14(18)19/h4-7H,1-3H2,(H,18,19). The van der Waals surface area contributed by atoms with Crippen LogP contribution in [0.25, 0.3) is 0 Å². The second-order valence-corrected chi connectivity index (χ2v) is 8.04. The first kappa shape index (κ1) is 15.9. The first-order valence-corrected chi connectivity index (χ1v) is 8.95. The zero-order valence-electron chi connectivity index (χ0n) is 11.6. The van der Waals surface area contributed by atoms with Gasteiger partial charge in [0, 0.05) is 18.0 Å². The van der Waals surface area contributed by atoms with Crippen molar-refractivity contribution in [3.05, 3.63) is 46.3 Å². The highest BCUT2D eigenvalue weighted by Crippen LogP contribution is 2.35. The highest BCUT2D eigenvalue weighted by molar-refractivity contribution is 7.94. The summed E-state index contributed by atoms with van der Waals surface area (Å²) in [4.78, 5) is 10.9. The quantitative estimate of drug-likeness (QED) is 0.914. The molecule has 2 heterocycles. The molecule has 0 atom stereocenters. The third-order valence-corrected chi connectivity index (χ3v) is 6.79. The molecule has 0 saturated heterocycles. The smallest absolute Gasteiger partial charge is 0.336 e. The fraction of sp³-hybridized carbons (Fsp3) is 0.214. The summed E-state index contributed by atoms with van der Waals surface area (Å²) in [6.07, 6.45) is 0.915. The molecule has 0 fully saturated rings. The van der Waals surface area contributed by atoms with E-state index in [1.807, 2.05) is 0 Å². The number of hydrogen-bond donors (Lipinski definition) is 1. The second-order valence-electron chi connectivity index (χ2n) is 5.04. The summed E-state index contributed by atoms with van der Waals surface area (Å²) in [5.41, 5.74) is 0.380. The number of carbonyl (C=O) groups is 1. The van der Waals surface area contributed by atoms with Gasteiger partial charge in [-0.05, 0) is 30.5 Å². The summed E-state index contributed by atoms with van der Waals surface area (Å²) in [5.74, 6) is -3.37. The van der Waals surface area contributed by atoms with Crippen LogP contribution in [0.3, 0.4) is 0 Å². The molecule has 1 aliphatic heterocycles. The fourth-order valence-electron chi connectivity index (χ4n) is 2.47. The summed E-state index contributed by atoms with van der Waals surface area (Å²) >= 11 is 0.782. The summed E-state index contributed by atoms with van der Waals surface area (Å²) in [7, 11) is -4.02. The first-order chi connectivity index (χ1) is 10.8. The molecule has 1 aliphatic rings. The van der Waals surface area contributed by atoms with E-state index in [9.17, 15) is 22.0 Å². The van der Waals surface area contributed by atoms with Crippen LogP contribution >= 0.6 is 11.3 Å². The predicted octanol–water partition coefficient (Wildman–Crippen LogP) is 2.87. The topological polar surface area (TPSA) is 74.7 Å². The average Bonchev–Trinajstić information content (AvgIpc) is 2.98. The molecule has 0 spiro atoms. The molecular formula is C14H11F2NO4S2. The summed E-state index contributed by atoms with van der Waals surface area (Å²) in [6, 6.07) is 2.94. The molecule has 1 aromatic heterocycles. The lowest BCUT2D eigenvalue weighted by molar-refractivity contribution is 0.0697. The molecule has 0 saturated carbocycles. The van der Waals surface area contributed by atoms with Gasteiger partial charge in [0.25, 0.3) is 10.0 Å². The van der Waals surface area contributed by atoms with E-state index in [1.165, 1.54) is 5.38 Å². The normalized spacial score (nSPS) is 14.6. The van der Waals surface area contributed by atoms with Crippen molar-refractivity contribution in [1.82, 2.24) is 0 Å². The lowest BCUT2D eigenvalue weighted by atomic mass is 10.0. The van der Waals surface area contributed by atoms with E-state index in [2.05, 4.69) is 0 Å². The number of benzene rings is 1. The number of halogens is 2. The maximum Gasteiger partial charge on any atom is 0.336 e. The zero-order chi connectivity index (χ0) is 16.8. The van der Waals surface area contributed by atoms with Gasteiger partial charge in [-0.25, -0.2) is 22.0 Å². The Morgan fingerprint density at radius 1 is 1.22 bits per heavy atom. The molecule has 1 aromatic carbocycles. The van der Waals surface area contributed by atoms with Gasteiger partial charge in [0.15, 0.2) is 11.6 Å². The number of nitrogens with zero attached hydrogens (tertiary/aromatic N) is 1. The van der Waals surface area contributed by atoms with E-state index in [0.29, 0.717) is 18.4 Å². The van der Waals surface area contributed by atoms with Crippen molar-refractivity contribution in [2.24, 2.45) is 0 Å². The lowest BCUT2D eigenvalue weighted by Crippen LogP contribution is -2.35. The minimum atomic E-state index is -4.02. The van der Waals surface area contributed by atoms with Crippen LogP contribution in [0.2, 0.25) is 0 Å². The SMILES string of the molecule is O=C(O)c1csc(S(=O)(=O)N2CCCc3cc(F)c(F)cc32)c1. The third kappa shape index (κ3) is 2.70. The van der Waals surface area contributed by atoms with Crippen molar-refractivity contribution in [2.75, 3.05) is 10.8 Å². The highest BCUT2D eigenvalue weighted by atomic mass is 32.2. The molecule has 9 heteroatoms. The number of hydrogen-bond acceptors (Lipinski definition) is 4. The van der Waals surface area contributed by atoms with Crippen LogP contribution in [-0.4, -0.2) is 26.0 Å². The van der Waals surface area contributed by atoms with Crippen LogP contribution in [0.1, 0.15) is 22.3 Å². The number of rotatable bonds is 3. The van der Waals surface area contributed by atoms with Gasteiger partial charge in [-0.3, -0.25) is 4.31 Å². The lowest BCUT2D eigenvalue weighted by Gasteiger charge is -2.30. The maximum atomic E-state index is 13.5. The van der Waals surface area contributed by atoms with Crippen LogP contribution in [0.5, 0.6) is 0 Å². The summed E-state index contributed by atoms with van der Waals surface area (Å²) in [6.45, 7) is 0.126. The Morgan fingerprint density at radius 3 is 2.57 bits per heavy atom. The van der Waals surface area contributed by atoms with Crippen LogP contribution in [0.15, 0.2) is 27.8 Å². The number of aromatic carboxylic acids is 1. The van der Waals surface area contributed by atoms with E-state index in [1.54, 1.807) is 0 Å². The van der Waals surface area contributed by atoms with E-state index in [-0.39, 0.29) is 22.0 Å². The fourth-order valence-corrected chi connectivity index (χ4v) is 5.26. The number of carboxylic acid groups (broad SMARTS) is 1. The van der Waals surface area contributed by atoms with Crippen LogP contribution in [0.4, 0.5) is 14.5 Å². The molecule has 0 aliphatic carbocycles. The van der Waals surface area contributed by atoms with E-state index < -0.39 is 27.6 Å². The van der Waals surface area contributed by atoms with Gasteiger partial charge in [0.05, 0.1) is 11.3 Å². The molecule has 23 heavy (non-hydrogen) atoms. The molecule has 0 radical (unpaired) electrons. The number of carboxylic acids is 1. The van der Waals surface area contributed by atoms with Gasteiger partial charge in [-0.1, -0.05) is 0 Å². The van der Waals surface area contributed by atoms with Crippen molar-refractivity contribution in [2.45, 2.75) is 17.1 Å². The van der Waals surface area contributed by atoms with Crippen LogP contribution in [0, 0.1) is 11.6 Å². The van der Waals surface area contributed by atoms with Crippen molar-refractivity contribution < 1.29 is 27.1 Å². The minimum Gasteiger partial charge on any atom is -0.478 e. The van der Waals surface area contributed by atoms with Gasteiger partial charge >= 0.3 is 5.97 Å². The number of sulfonamides is 1. The molecule has 0 amide bonds. The molecular weight excluding hydrogens is 348 g/mol. The second kappa shape index (κ2) is 5.57. The predicted molar refractivity (Wildman–Crippen MR) is 80.5 cm³/mol. The van der Waals surface area contributed by atoms with Crippen molar-refractivity contribution in [1.29, 1.82) is 0 Å². The Balaban J connectivity index is 2.08. The molecule has 2 aromatic rings. The first-order valence-electron chi connectivity index (χ1n) is 6.63. The van der Waals surface area contributed by atoms with Crippen LogP contribution in [-0.2, 0) is 16.4 Å². The van der Waals surface area contributed by atoms with Gasteiger partial charge in [0.2, 0.25) is 0 Å². The molecule has 122 valence electrons. The number of thiophene rings is 1. The van der Waals surface area contributed by atoms with E-state index in [0.717, 1.165) is 33.8 Å². The maximum absolute atomic E-state index is 13.5. The Morgan fingerprint density at radius 2 is 1.91 bits per heavy atom. The van der Waals surface area contributed by atoms with Crippen molar-refractivity contribution in [3.8, 4) is 0 Å². The molecule has 3 rings (SSSR count). The Kier molecular flexibility index (Phi) is 3.85. The van der Waals surface area contributed by atoms with Gasteiger partial charge in [-0.2, -0.15) is 0 Å². The average molecular weight is 359 g/mol. The summed E-state index contributed by atoms with van der Waals surface area (Å²) < 4.78 is 53.1. The monoisotopic (exact) mass is 359 g/mol.